The number of carbonyl (C=O) groups excluding carboxylic acids is 1. The predicted octanol–water partition coefficient (Wildman–Crippen LogP) is 3.42. The fraction of sp³-hybridized carbons (Fsp3) is 0.154. The van der Waals surface area contributed by atoms with Crippen LogP contribution in [0, 0.1) is 0 Å². The van der Waals surface area contributed by atoms with E-state index < -0.39 is 0 Å². The zero-order valence-electron chi connectivity index (χ0n) is 9.37. The van der Waals surface area contributed by atoms with Crippen molar-refractivity contribution in [2.45, 2.75) is 13.3 Å². The van der Waals surface area contributed by atoms with Crippen LogP contribution in [0.4, 0.5) is 5.69 Å². The van der Waals surface area contributed by atoms with Crippen molar-refractivity contribution in [2.75, 3.05) is 5.73 Å². The van der Waals surface area contributed by atoms with Gasteiger partial charge in [-0.05, 0) is 40.2 Å². The van der Waals surface area contributed by atoms with Crippen molar-refractivity contribution in [1.29, 1.82) is 0 Å². The van der Waals surface area contributed by atoms with Crippen LogP contribution in [0.5, 0.6) is 0 Å². The Labute approximate surface area is 108 Å². The van der Waals surface area contributed by atoms with Gasteiger partial charge in [-0.25, -0.2) is 0 Å². The second-order valence-electron chi connectivity index (χ2n) is 3.68. The highest BCUT2D eigenvalue weighted by molar-refractivity contribution is 9.10. The van der Waals surface area contributed by atoms with Gasteiger partial charge >= 0.3 is 0 Å². The standard InChI is InChI=1S/C13H12BrNO2/c1-2-12-10(5-6-17-12)13(16)9-4-3-8(15)7-11(9)14/h3-7H,2,15H2,1H3. The molecule has 17 heavy (non-hydrogen) atoms. The molecule has 0 bridgehead atoms. The van der Waals surface area contributed by atoms with Gasteiger partial charge in [0.2, 0.25) is 0 Å². The first-order valence-corrected chi connectivity index (χ1v) is 6.09. The molecule has 0 aliphatic carbocycles. The lowest BCUT2D eigenvalue weighted by molar-refractivity contribution is 0.103. The van der Waals surface area contributed by atoms with Crippen LogP contribution in [-0.2, 0) is 6.42 Å². The van der Waals surface area contributed by atoms with Crippen molar-refractivity contribution in [3.63, 3.8) is 0 Å². The van der Waals surface area contributed by atoms with E-state index in [9.17, 15) is 4.79 Å². The number of rotatable bonds is 3. The van der Waals surface area contributed by atoms with Gasteiger partial charge in [-0.1, -0.05) is 6.92 Å². The van der Waals surface area contributed by atoms with Crippen LogP contribution in [0.1, 0.15) is 28.6 Å². The van der Waals surface area contributed by atoms with Crippen molar-refractivity contribution in [1.82, 2.24) is 0 Å². The van der Waals surface area contributed by atoms with Crippen molar-refractivity contribution in [2.24, 2.45) is 0 Å². The highest BCUT2D eigenvalue weighted by Gasteiger charge is 2.17. The Kier molecular flexibility index (Phi) is 3.33. The van der Waals surface area contributed by atoms with Gasteiger partial charge in [0, 0.05) is 22.1 Å². The molecule has 0 aliphatic heterocycles. The maximum absolute atomic E-state index is 12.3. The van der Waals surface area contributed by atoms with Crippen molar-refractivity contribution >= 4 is 27.4 Å². The third-order valence-electron chi connectivity index (χ3n) is 2.55. The van der Waals surface area contributed by atoms with Crippen LogP contribution in [0.3, 0.4) is 0 Å². The molecule has 0 fully saturated rings. The van der Waals surface area contributed by atoms with E-state index >= 15 is 0 Å². The highest BCUT2D eigenvalue weighted by Crippen LogP contribution is 2.24. The Balaban J connectivity index is 2.44. The van der Waals surface area contributed by atoms with E-state index in [2.05, 4.69) is 15.9 Å². The summed E-state index contributed by atoms with van der Waals surface area (Å²) >= 11 is 3.35. The smallest absolute Gasteiger partial charge is 0.197 e. The number of furan rings is 1. The van der Waals surface area contributed by atoms with Gasteiger partial charge in [0.15, 0.2) is 5.78 Å². The molecule has 2 N–H and O–H groups in total. The van der Waals surface area contributed by atoms with Gasteiger partial charge < -0.3 is 10.2 Å². The molecule has 0 amide bonds. The molecule has 4 heteroatoms. The zero-order valence-corrected chi connectivity index (χ0v) is 11.0. The molecule has 0 saturated heterocycles. The van der Waals surface area contributed by atoms with E-state index in [0.29, 0.717) is 33.5 Å². The number of hydrogen-bond donors (Lipinski definition) is 1. The number of nitrogens with two attached hydrogens (primary N) is 1. The fourth-order valence-electron chi connectivity index (χ4n) is 1.68. The summed E-state index contributed by atoms with van der Waals surface area (Å²) in [6.07, 6.45) is 2.23. The Bertz CT molecular complexity index is 560. The number of nitrogen functional groups attached to an aromatic ring is 1. The molecule has 0 spiro atoms. The molecule has 2 rings (SSSR count). The Morgan fingerprint density at radius 2 is 2.12 bits per heavy atom. The second-order valence-corrected chi connectivity index (χ2v) is 4.53. The van der Waals surface area contributed by atoms with Gasteiger partial charge in [-0.3, -0.25) is 4.79 Å². The van der Waals surface area contributed by atoms with Crippen molar-refractivity contribution in [3.8, 4) is 0 Å². The summed E-state index contributed by atoms with van der Waals surface area (Å²) in [6, 6.07) is 6.85. The maximum Gasteiger partial charge on any atom is 0.197 e. The number of ketones is 1. The molecule has 0 radical (unpaired) electrons. The number of halogens is 1. The minimum absolute atomic E-state index is 0.0533. The number of hydrogen-bond acceptors (Lipinski definition) is 3. The first-order chi connectivity index (χ1) is 8.13. The molecule has 0 saturated carbocycles. The summed E-state index contributed by atoms with van der Waals surface area (Å²) in [5.74, 6) is 0.654. The average Bonchev–Trinajstić information content (AvgIpc) is 2.76. The van der Waals surface area contributed by atoms with E-state index in [1.165, 1.54) is 6.26 Å². The van der Waals surface area contributed by atoms with Gasteiger partial charge in [0.1, 0.15) is 5.76 Å². The molecule has 1 heterocycles. The van der Waals surface area contributed by atoms with Crippen molar-refractivity contribution < 1.29 is 9.21 Å². The fourth-order valence-corrected chi connectivity index (χ4v) is 2.25. The van der Waals surface area contributed by atoms with Crippen LogP contribution in [0.15, 0.2) is 39.4 Å². The number of carbonyl (C=O) groups is 1. The number of anilines is 1. The summed E-state index contributed by atoms with van der Waals surface area (Å²) in [4.78, 5) is 12.3. The molecular weight excluding hydrogens is 282 g/mol. The van der Waals surface area contributed by atoms with E-state index in [1.807, 2.05) is 6.92 Å². The molecular formula is C13H12BrNO2. The first kappa shape index (κ1) is 11.9. The van der Waals surface area contributed by atoms with Crippen LogP contribution >= 0.6 is 15.9 Å². The van der Waals surface area contributed by atoms with E-state index in [0.717, 1.165) is 0 Å². The minimum Gasteiger partial charge on any atom is -0.469 e. The second kappa shape index (κ2) is 4.75. The molecule has 0 unspecified atom stereocenters. The third kappa shape index (κ3) is 2.26. The van der Waals surface area contributed by atoms with Gasteiger partial charge in [0.05, 0.1) is 11.8 Å². The third-order valence-corrected chi connectivity index (χ3v) is 3.21. The zero-order chi connectivity index (χ0) is 12.4. The quantitative estimate of drug-likeness (QED) is 0.697. The molecule has 1 aromatic carbocycles. The van der Waals surface area contributed by atoms with E-state index in [1.54, 1.807) is 24.3 Å². The van der Waals surface area contributed by atoms with E-state index in [-0.39, 0.29) is 5.78 Å². The molecule has 3 nitrogen and oxygen atoms in total. The Hall–Kier alpha value is -1.55. The molecule has 1 aromatic heterocycles. The van der Waals surface area contributed by atoms with Gasteiger partial charge in [-0.15, -0.1) is 0 Å². The lowest BCUT2D eigenvalue weighted by atomic mass is 10.0. The molecule has 88 valence electrons. The molecule has 0 atom stereocenters. The summed E-state index contributed by atoms with van der Waals surface area (Å²) in [5, 5.41) is 0. The SMILES string of the molecule is CCc1occc1C(=O)c1ccc(N)cc1Br. The number of benzene rings is 1. The summed E-state index contributed by atoms with van der Waals surface area (Å²) in [6.45, 7) is 1.95. The Morgan fingerprint density at radius 1 is 1.35 bits per heavy atom. The first-order valence-electron chi connectivity index (χ1n) is 5.29. The van der Waals surface area contributed by atoms with Crippen LogP contribution in [0.2, 0.25) is 0 Å². The van der Waals surface area contributed by atoms with Crippen LogP contribution in [-0.4, -0.2) is 5.78 Å². The van der Waals surface area contributed by atoms with Crippen LogP contribution < -0.4 is 5.73 Å². The van der Waals surface area contributed by atoms with E-state index in [4.69, 9.17) is 10.2 Å². The predicted molar refractivity (Wildman–Crippen MR) is 70.1 cm³/mol. The summed E-state index contributed by atoms with van der Waals surface area (Å²) in [5.41, 5.74) is 7.47. The number of aryl methyl sites for hydroxylation is 1. The summed E-state index contributed by atoms with van der Waals surface area (Å²) in [7, 11) is 0. The lowest BCUT2D eigenvalue weighted by Crippen LogP contribution is -2.04. The topological polar surface area (TPSA) is 56.2 Å². The molecule has 0 aliphatic rings. The van der Waals surface area contributed by atoms with Gasteiger partial charge in [0.25, 0.3) is 0 Å². The van der Waals surface area contributed by atoms with Gasteiger partial charge in [-0.2, -0.15) is 0 Å². The summed E-state index contributed by atoms with van der Waals surface area (Å²) < 4.78 is 5.96. The highest BCUT2D eigenvalue weighted by atomic mass is 79.9. The van der Waals surface area contributed by atoms with Crippen LogP contribution in [0.25, 0.3) is 0 Å². The largest absolute Gasteiger partial charge is 0.469 e. The lowest BCUT2D eigenvalue weighted by Gasteiger charge is -2.04. The average molecular weight is 294 g/mol. The minimum atomic E-state index is -0.0533. The monoisotopic (exact) mass is 293 g/mol. The Morgan fingerprint density at radius 3 is 2.76 bits per heavy atom. The van der Waals surface area contributed by atoms with Crippen molar-refractivity contribution in [3.05, 3.63) is 51.9 Å². The maximum atomic E-state index is 12.3. The normalized spacial score (nSPS) is 10.5. The molecule has 2 aromatic rings.